The number of carboxylic acids is 1. The maximum atomic E-state index is 13.7. The van der Waals surface area contributed by atoms with Crippen LogP contribution >= 0.6 is 0 Å². The van der Waals surface area contributed by atoms with Crippen molar-refractivity contribution >= 4 is 22.0 Å². The van der Waals surface area contributed by atoms with Crippen LogP contribution in [0.1, 0.15) is 16.2 Å². The van der Waals surface area contributed by atoms with Crippen molar-refractivity contribution in [2.24, 2.45) is 0 Å². The molecule has 0 fully saturated rings. The summed E-state index contributed by atoms with van der Waals surface area (Å²) < 4.78 is 43.9. The maximum absolute atomic E-state index is 13.7. The number of carboxylic acid groups (broad SMARTS) is 1. The molecule has 1 aromatic heterocycles. The second-order valence-corrected chi connectivity index (χ2v) is 5.35. The second kappa shape index (κ2) is 4.89. The van der Waals surface area contributed by atoms with Crippen LogP contribution < -0.4 is 4.72 Å². The summed E-state index contributed by atoms with van der Waals surface area (Å²) in [6, 6.07) is 2.00. The molecule has 10 heteroatoms. The fourth-order valence-electron chi connectivity index (χ4n) is 1.36. The van der Waals surface area contributed by atoms with E-state index in [1.165, 1.54) is 6.92 Å². The second-order valence-electron chi connectivity index (χ2n) is 3.70. The zero-order valence-electron chi connectivity index (χ0n) is 9.99. The molecule has 0 amide bonds. The molecular formula is C10H8FN3O5S. The first-order valence-corrected chi connectivity index (χ1v) is 6.64. The van der Waals surface area contributed by atoms with Crippen LogP contribution in [0.15, 0.2) is 27.6 Å². The third-order valence-corrected chi connectivity index (χ3v) is 3.57. The third kappa shape index (κ3) is 2.74. The minimum atomic E-state index is -4.29. The van der Waals surface area contributed by atoms with Gasteiger partial charge in [0.1, 0.15) is 10.7 Å². The molecule has 1 heterocycles. The lowest BCUT2D eigenvalue weighted by molar-refractivity contribution is 0.0696. The van der Waals surface area contributed by atoms with Gasteiger partial charge in [0.25, 0.3) is 10.0 Å². The summed E-state index contributed by atoms with van der Waals surface area (Å²) in [6.45, 7) is 1.48. The molecule has 0 spiro atoms. The highest BCUT2D eigenvalue weighted by atomic mass is 32.2. The first-order chi connectivity index (χ1) is 9.29. The maximum Gasteiger partial charge on any atom is 0.335 e. The number of nitrogens with one attached hydrogen (secondary N) is 1. The van der Waals surface area contributed by atoms with Crippen molar-refractivity contribution in [3.63, 3.8) is 0 Å². The van der Waals surface area contributed by atoms with Gasteiger partial charge < -0.3 is 9.63 Å². The Balaban J connectivity index is 2.37. The van der Waals surface area contributed by atoms with Gasteiger partial charge in [0.2, 0.25) is 0 Å². The monoisotopic (exact) mass is 301 g/mol. The Morgan fingerprint density at radius 1 is 1.45 bits per heavy atom. The number of hydrogen-bond donors (Lipinski definition) is 2. The van der Waals surface area contributed by atoms with Crippen LogP contribution in [0.25, 0.3) is 0 Å². The van der Waals surface area contributed by atoms with Gasteiger partial charge in [-0.2, -0.15) is 4.98 Å². The molecule has 20 heavy (non-hydrogen) atoms. The molecular weight excluding hydrogens is 293 g/mol. The summed E-state index contributed by atoms with van der Waals surface area (Å²) in [4.78, 5) is 13.5. The fourth-order valence-corrected chi connectivity index (χ4v) is 2.35. The van der Waals surface area contributed by atoms with Gasteiger partial charge in [-0.15, -0.1) is 0 Å². The van der Waals surface area contributed by atoms with Crippen molar-refractivity contribution < 1.29 is 27.2 Å². The topological polar surface area (TPSA) is 122 Å². The third-order valence-electron chi connectivity index (χ3n) is 2.22. The van der Waals surface area contributed by atoms with Crippen molar-refractivity contribution in [3.8, 4) is 0 Å². The van der Waals surface area contributed by atoms with Gasteiger partial charge >= 0.3 is 12.0 Å². The van der Waals surface area contributed by atoms with Crippen LogP contribution in [-0.2, 0) is 10.0 Å². The van der Waals surface area contributed by atoms with Gasteiger partial charge in [-0.3, -0.25) is 0 Å². The molecule has 0 saturated heterocycles. The Bertz CT molecular complexity index is 771. The van der Waals surface area contributed by atoms with E-state index in [9.17, 15) is 17.6 Å². The minimum Gasteiger partial charge on any atom is -0.478 e. The first-order valence-electron chi connectivity index (χ1n) is 5.15. The summed E-state index contributed by atoms with van der Waals surface area (Å²) in [5, 5.41) is 12.0. The Morgan fingerprint density at radius 3 is 2.65 bits per heavy atom. The molecule has 0 aliphatic carbocycles. The molecule has 0 bridgehead atoms. The summed E-state index contributed by atoms with van der Waals surface area (Å²) in [7, 11) is -4.29. The van der Waals surface area contributed by atoms with E-state index in [4.69, 9.17) is 5.11 Å². The van der Waals surface area contributed by atoms with Gasteiger partial charge in [-0.25, -0.2) is 22.3 Å². The van der Waals surface area contributed by atoms with E-state index < -0.39 is 32.7 Å². The van der Waals surface area contributed by atoms with E-state index in [1.807, 2.05) is 4.72 Å². The lowest BCUT2D eigenvalue weighted by Gasteiger charge is -2.05. The van der Waals surface area contributed by atoms with Crippen LogP contribution in [0, 0.1) is 12.7 Å². The molecule has 0 unspecified atom stereocenters. The number of sulfonamides is 1. The molecule has 0 saturated carbocycles. The molecule has 0 atom stereocenters. The number of anilines is 1. The van der Waals surface area contributed by atoms with E-state index in [2.05, 4.69) is 14.7 Å². The summed E-state index contributed by atoms with van der Waals surface area (Å²) >= 11 is 0. The standard InChI is InChI=1S/C10H8FN3O5S/c1-5-12-10(19-13-5)14-20(17,18)8-3-2-6(9(15)16)4-7(8)11/h2-4H,1H3,(H,15,16)(H,12,13,14). The molecule has 0 radical (unpaired) electrons. The van der Waals surface area contributed by atoms with Crippen LogP contribution in [0.2, 0.25) is 0 Å². The van der Waals surface area contributed by atoms with Gasteiger partial charge in [-0.1, -0.05) is 5.16 Å². The Morgan fingerprint density at radius 2 is 2.15 bits per heavy atom. The number of nitrogens with zero attached hydrogens (tertiary/aromatic N) is 2. The quantitative estimate of drug-likeness (QED) is 0.864. The van der Waals surface area contributed by atoms with Crippen molar-refractivity contribution in [1.29, 1.82) is 0 Å². The highest BCUT2D eigenvalue weighted by Crippen LogP contribution is 2.19. The van der Waals surface area contributed by atoms with E-state index in [-0.39, 0.29) is 11.4 Å². The normalized spacial score (nSPS) is 11.3. The summed E-state index contributed by atoms with van der Waals surface area (Å²) in [5.41, 5.74) is -0.366. The predicted molar refractivity (Wildman–Crippen MR) is 63.2 cm³/mol. The van der Waals surface area contributed by atoms with Gasteiger partial charge in [0, 0.05) is 0 Å². The molecule has 2 N–H and O–H groups in total. The van der Waals surface area contributed by atoms with Crippen molar-refractivity contribution in [3.05, 3.63) is 35.4 Å². The minimum absolute atomic E-state index is 0.199. The van der Waals surface area contributed by atoms with Gasteiger partial charge in [0.05, 0.1) is 5.56 Å². The molecule has 0 aliphatic heterocycles. The molecule has 106 valence electrons. The van der Waals surface area contributed by atoms with Crippen molar-refractivity contribution in [2.75, 3.05) is 4.72 Å². The van der Waals surface area contributed by atoms with Crippen LogP contribution in [-0.4, -0.2) is 29.6 Å². The number of benzene rings is 1. The molecule has 8 nitrogen and oxygen atoms in total. The summed E-state index contributed by atoms with van der Waals surface area (Å²) in [5.74, 6) is -2.37. The number of rotatable bonds is 4. The first kappa shape index (κ1) is 13.9. The molecule has 0 aliphatic rings. The van der Waals surface area contributed by atoms with Crippen LogP contribution in [0.5, 0.6) is 0 Å². The van der Waals surface area contributed by atoms with Gasteiger partial charge in [0.15, 0.2) is 5.82 Å². The lowest BCUT2D eigenvalue weighted by atomic mass is 10.2. The number of hydrogen-bond acceptors (Lipinski definition) is 6. The summed E-state index contributed by atoms with van der Waals surface area (Å²) in [6.07, 6.45) is 0. The van der Waals surface area contributed by atoms with E-state index in [0.29, 0.717) is 6.07 Å². The smallest absolute Gasteiger partial charge is 0.335 e. The Kier molecular flexibility index (Phi) is 3.40. The van der Waals surface area contributed by atoms with Crippen LogP contribution in [0.4, 0.5) is 10.4 Å². The number of carbonyl (C=O) groups is 1. The highest BCUT2D eigenvalue weighted by Gasteiger charge is 2.22. The van der Waals surface area contributed by atoms with E-state index >= 15 is 0 Å². The van der Waals surface area contributed by atoms with Crippen LogP contribution in [0.3, 0.4) is 0 Å². The fraction of sp³-hybridized carbons (Fsp3) is 0.100. The zero-order chi connectivity index (χ0) is 14.9. The van der Waals surface area contributed by atoms with Gasteiger partial charge in [-0.05, 0) is 25.1 Å². The average Bonchev–Trinajstić information content (AvgIpc) is 2.73. The Labute approximate surface area is 112 Å². The predicted octanol–water partition coefficient (Wildman–Crippen LogP) is 1.02. The lowest BCUT2D eigenvalue weighted by Crippen LogP contribution is -2.15. The molecule has 2 aromatic rings. The van der Waals surface area contributed by atoms with Crippen molar-refractivity contribution in [1.82, 2.24) is 10.1 Å². The average molecular weight is 301 g/mol. The van der Waals surface area contributed by atoms with E-state index in [0.717, 1.165) is 12.1 Å². The van der Waals surface area contributed by atoms with Crippen molar-refractivity contribution in [2.45, 2.75) is 11.8 Å². The Hall–Kier alpha value is -2.49. The van der Waals surface area contributed by atoms with E-state index in [1.54, 1.807) is 0 Å². The number of aryl methyl sites for hydroxylation is 1. The zero-order valence-corrected chi connectivity index (χ0v) is 10.8. The number of aromatic carboxylic acids is 1. The number of halogens is 1. The highest BCUT2D eigenvalue weighted by molar-refractivity contribution is 7.92. The SMILES string of the molecule is Cc1noc(NS(=O)(=O)c2ccc(C(=O)O)cc2F)n1. The number of aromatic nitrogens is 2. The molecule has 2 rings (SSSR count). The largest absolute Gasteiger partial charge is 0.478 e. The molecule has 1 aromatic carbocycles.